The summed E-state index contributed by atoms with van der Waals surface area (Å²) >= 11 is 0. The molecule has 0 amide bonds. The summed E-state index contributed by atoms with van der Waals surface area (Å²) in [5.41, 5.74) is -0.265. The Kier molecular flexibility index (Phi) is 22.6. The molecule has 10 rings (SSSR count). The van der Waals surface area contributed by atoms with Crippen LogP contribution in [0.3, 0.4) is 0 Å². The zero-order valence-corrected chi connectivity index (χ0v) is 57.0. The van der Waals surface area contributed by atoms with E-state index in [9.17, 15) is 89.7 Å². The van der Waals surface area contributed by atoms with E-state index in [4.69, 9.17) is 61.0 Å². The minimum atomic E-state index is -5.32. The number of hydrogen-bond donors (Lipinski definition) is 12. The van der Waals surface area contributed by atoms with E-state index in [1.54, 1.807) is 0 Å². The van der Waals surface area contributed by atoms with Crippen LogP contribution in [0, 0.1) is 39.4 Å². The molecule has 31 unspecified atom stereocenters. The highest BCUT2D eigenvalue weighted by Gasteiger charge is 2.76. The molecule has 4 aliphatic carbocycles. The fourth-order valence-electron chi connectivity index (χ4n) is 17.6. The van der Waals surface area contributed by atoms with Gasteiger partial charge in [-0.1, -0.05) is 51.0 Å². The lowest BCUT2D eigenvalue weighted by molar-refractivity contribution is -0.403. The number of carbonyl (C=O) groups is 1. The first-order chi connectivity index (χ1) is 44.6. The first kappa shape index (κ1) is 76.4. The van der Waals surface area contributed by atoms with Crippen molar-refractivity contribution in [1.29, 1.82) is 0 Å². The van der Waals surface area contributed by atoms with Crippen LogP contribution in [0.15, 0.2) is 23.3 Å². The fourth-order valence-corrected chi connectivity index (χ4v) is 18.7. The molecule has 6 saturated heterocycles. The van der Waals surface area contributed by atoms with Crippen molar-refractivity contribution < 1.29 is 159 Å². The largest absolute Gasteiger partial charge is 0.459 e. The van der Waals surface area contributed by atoms with Crippen molar-refractivity contribution in [2.24, 2.45) is 39.4 Å². The number of allylic oxidation sites excluding steroid dienone is 4. The number of esters is 1. The summed E-state index contributed by atoms with van der Waals surface area (Å²) in [6.45, 7) is 12.4. The molecule has 0 aromatic rings. The second-order valence-electron chi connectivity index (χ2n) is 28.7. The van der Waals surface area contributed by atoms with Crippen LogP contribution in [0.25, 0.3) is 0 Å². The van der Waals surface area contributed by atoms with E-state index in [0.717, 1.165) is 39.2 Å². The van der Waals surface area contributed by atoms with Crippen LogP contribution >= 0.6 is 0 Å². The van der Waals surface area contributed by atoms with Gasteiger partial charge in [0.05, 0.1) is 44.1 Å². The van der Waals surface area contributed by atoms with Crippen molar-refractivity contribution in [3.63, 3.8) is 0 Å². The van der Waals surface area contributed by atoms with E-state index in [-0.39, 0.29) is 29.1 Å². The zero-order valence-electron chi connectivity index (χ0n) is 54.5. The molecule has 31 atom stereocenters. The topological polar surface area (TPSA) is 501 Å². The lowest BCUT2D eigenvalue weighted by atomic mass is 9.41. The molecule has 0 bridgehead atoms. The minimum Gasteiger partial charge on any atom is -0.459 e. The summed E-state index contributed by atoms with van der Waals surface area (Å²) in [7, 11) is -14.8. The molecule has 12 N–H and O–H groups in total. The molecule has 6 aliphatic heterocycles. The lowest BCUT2D eigenvalue weighted by Gasteiger charge is -2.64. The SMILES string of the molecule is COC1C(O)C(COS(=O)(=O)O)OC(OC2C(O)C(COS(=O)(=O)O)OC(OC3C(C)OC(OC4C(OC5CCC6(C)C7CCC89C(=O)OC(C)(CCC=C(C)C)C8CCC9(C)C7=CCC6C5(C)C)OCC(OS(=O)(=O)O)C4O)C(OC4OCC(O)C(O)C4O)C3O)C2O)C1O. The molecule has 0 aromatic carbocycles. The number of methoxy groups -OCH3 is 1. The van der Waals surface area contributed by atoms with Crippen molar-refractivity contribution in [2.75, 3.05) is 33.5 Å². The summed E-state index contributed by atoms with van der Waals surface area (Å²) in [5, 5.41) is 103. The van der Waals surface area contributed by atoms with Gasteiger partial charge in [0.15, 0.2) is 31.5 Å². The highest BCUT2D eigenvalue weighted by atomic mass is 32.3. The lowest BCUT2D eigenvalue weighted by Crippen LogP contribution is -2.68. The van der Waals surface area contributed by atoms with E-state index in [1.165, 1.54) is 18.1 Å². The monoisotopic (exact) mass is 1440 g/mol. The van der Waals surface area contributed by atoms with Crippen LogP contribution < -0.4 is 0 Å². The maximum absolute atomic E-state index is 14.5. The van der Waals surface area contributed by atoms with E-state index in [2.05, 4.69) is 69.0 Å². The van der Waals surface area contributed by atoms with Gasteiger partial charge < -0.3 is 103 Å². The zero-order chi connectivity index (χ0) is 70.5. The van der Waals surface area contributed by atoms with Crippen molar-refractivity contribution in [1.82, 2.24) is 0 Å². The Balaban J connectivity index is 0.918. The Morgan fingerprint density at radius 1 is 0.594 bits per heavy atom. The predicted molar refractivity (Wildman–Crippen MR) is 318 cm³/mol. The summed E-state index contributed by atoms with van der Waals surface area (Å²) in [6, 6.07) is 0. The third-order valence-corrected chi connectivity index (χ3v) is 23.8. The molecular weight excluding hydrogens is 1350 g/mol. The highest BCUT2D eigenvalue weighted by molar-refractivity contribution is 7.81. The Morgan fingerprint density at radius 3 is 1.77 bits per heavy atom. The molecule has 96 heavy (non-hydrogen) atoms. The minimum absolute atomic E-state index is 0.0455. The first-order valence-electron chi connectivity index (χ1n) is 32.2. The van der Waals surface area contributed by atoms with Gasteiger partial charge in [0.2, 0.25) is 0 Å². The van der Waals surface area contributed by atoms with Crippen LogP contribution in [-0.4, -0.2) is 277 Å². The highest BCUT2D eigenvalue weighted by Crippen LogP contribution is 2.76. The van der Waals surface area contributed by atoms with Crippen molar-refractivity contribution in [3.05, 3.63) is 23.3 Å². The number of aliphatic hydroxyl groups is 9. The second kappa shape index (κ2) is 28.4. The van der Waals surface area contributed by atoms with Gasteiger partial charge in [0, 0.05) is 18.4 Å². The number of carbonyl (C=O) groups excluding carboxylic acids is 1. The average Bonchev–Trinajstić information content (AvgIpc) is 1.47. The van der Waals surface area contributed by atoms with Crippen LogP contribution in [0.5, 0.6) is 0 Å². The Bertz CT molecular complexity index is 3170. The van der Waals surface area contributed by atoms with Crippen LogP contribution in [0.1, 0.15) is 113 Å². The van der Waals surface area contributed by atoms with Gasteiger partial charge in [0.1, 0.15) is 109 Å². The fraction of sp³-hybridized carbons (Fsp3) is 0.915. The van der Waals surface area contributed by atoms with E-state index in [0.29, 0.717) is 25.7 Å². The van der Waals surface area contributed by atoms with E-state index in [1.807, 2.05) is 0 Å². The van der Waals surface area contributed by atoms with Crippen LogP contribution in [0.4, 0.5) is 0 Å². The van der Waals surface area contributed by atoms with Crippen LogP contribution in [-0.2, 0) is 105 Å². The molecule has 0 aromatic heterocycles. The molecule has 37 heteroatoms. The van der Waals surface area contributed by atoms with Gasteiger partial charge in [0.25, 0.3) is 0 Å². The molecule has 34 nitrogen and oxygen atoms in total. The quantitative estimate of drug-likeness (QED) is 0.0335. The van der Waals surface area contributed by atoms with E-state index < -0.39 is 227 Å². The number of aliphatic hydroxyl groups excluding tert-OH is 9. The average molecular weight is 1440 g/mol. The normalized spacial score (nSPS) is 48.2. The number of fused-ring (bicyclic) bond motifs is 4. The summed E-state index contributed by atoms with van der Waals surface area (Å²) in [4.78, 5) is 14.5. The molecule has 1 spiro atoms. The first-order valence-corrected chi connectivity index (χ1v) is 36.3. The van der Waals surface area contributed by atoms with Crippen molar-refractivity contribution in [2.45, 2.75) is 266 Å². The molecule has 552 valence electrons. The smallest absolute Gasteiger partial charge is 0.397 e. The maximum Gasteiger partial charge on any atom is 0.397 e. The third-order valence-electron chi connectivity index (χ3n) is 22.5. The maximum atomic E-state index is 14.5. The predicted octanol–water partition coefficient (Wildman–Crippen LogP) is -1.44. The van der Waals surface area contributed by atoms with Crippen molar-refractivity contribution >= 4 is 37.2 Å². The Labute approximate surface area is 556 Å². The summed E-state index contributed by atoms with van der Waals surface area (Å²) in [5.74, 6) is -0.0350. The van der Waals surface area contributed by atoms with Gasteiger partial charge in [-0.15, -0.1) is 0 Å². The van der Waals surface area contributed by atoms with Gasteiger partial charge in [-0.05, 0) is 108 Å². The Morgan fingerprint density at radius 2 is 1.17 bits per heavy atom. The number of ether oxygens (including phenoxy) is 12. The third kappa shape index (κ3) is 14.7. The number of rotatable bonds is 22. The van der Waals surface area contributed by atoms with E-state index >= 15 is 0 Å². The second-order valence-corrected chi connectivity index (χ2v) is 32.0. The molecule has 9 fully saturated rings. The molecule has 10 aliphatic rings. The molecule has 6 heterocycles. The number of hydrogen-bond acceptors (Lipinski definition) is 31. The van der Waals surface area contributed by atoms with Gasteiger partial charge in [-0.25, -0.2) is 12.5 Å². The summed E-state index contributed by atoms with van der Waals surface area (Å²) < 4.78 is 186. The van der Waals surface area contributed by atoms with Gasteiger partial charge in [-0.2, -0.15) is 25.3 Å². The van der Waals surface area contributed by atoms with Gasteiger partial charge in [-0.3, -0.25) is 18.5 Å². The number of cyclic esters (lactones) is 1. The molecule has 0 radical (unpaired) electrons. The molecule has 3 saturated carbocycles. The van der Waals surface area contributed by atoms with Crippen molar-refractivity contribution in [3.8, 4) is 0 Å². The summed E-state index contributed by atoms with van der Waals surface area (Å²) in [6.07, 6.45) is -35.4. The molecular formula is C59H94O34S3. The standard InChI is InChI=1S/C59H94O34S3/c1-25(2)11-10-17-58(8)34-15-19-57(7)28-12-13-33-55(4,5)35(16-18-56(33,6)27(28)14-20-59(34,57)54(69)92-58)87-52-47(39(64)32(22-81-52)93-96(76,77)78)91-53-48(90-49-40(65)36(61)29(60)21-80-49)41(66)44(26(3)84-53)88-51-43(68)46(38(63)31(86-51)24-83-95(73,74)75)89-50-42(67)45(79-9)37(62)30(85-50)23-82-94(70,71)72/h11-12,26-27,29-53,60-68H,10,13-24H2,1-9H3,(H,70,71,72)(H,73,74,75)(H,76,77,78). The van der Waals surface area contributed by atoms with Gasteiger partial charge >= 0.3 is 37.2 Å². The Hall–Kier alpha value is -2.24. The van der Waals surface area contributed by atoms with Crippen LogP contribution in [0.2, 0.25) is 0 Å².